The number of carbonyl (C=O) groups is 1. The number of aryl methyl sites for hydroxylation is 1. The van der Waals surface area contributed by atoms with Crippen molar-refractivity contribution in [3.05, 3.63) is 59.2 Å². The Balaban J connectivity index is 2.08. The lowest BCUT2D eigenvalue weighted by Crippen LogP contribution is -2.07. The molecule has 4 heteroatoms. The zero-order valence-electron chi connectivity index (χ0n) is 10.7. The van der Waals surface area contributed by atoms with Gasteiger partial charge >= 0.3 is 5.97 Å². The SMILES string of the molecule is Cc1ccccc1COC(=O)c1cc(N)cc(N)c1. The Morgan fingerprint density at radius 3 is 2.37 bits per heavy atom. The van der Waals surface area contributed by atoms with Gasteiger partial charge in [0.1, 0.15) is 6.61 Å². The summed E-state index contributed by atoms with van der Waals surface area (Å²) in [6.45, 7) is 2.21. The molecule has 0 heterocycles. The van der Waals surface area contributed by atoms with Gasteiger partial charge in [-0.2, -0.15) is 0 Å². The average molecular weight is 256 g/mol. The van der Waals surface area contributed by atoms with E-state index in [9.17, 15) is 4.79 Å². The van der Waals surface area contributed by atoms with Gasteiger partial charge in [0, 0.05) is 11.4 Å². The number of hydrogen-bond acceptors (Lipinski definition) is 4. The quantitative estimate of drug-likeness (QED) is 0.653. The van der Waals surface area contributed by atoms with Gasteiger partial charge in [-0.25, -0.2) is 4.79 Å². The highest BCUT2D eigenvalue weighted by atomic mass is 16.5. The lowest BCUT2D eigenvalue weighted by molar-refractivity contribution is 0.0472. The van der Waals surface area contributed by atoms with Gasteiger partial charge in [-0.15, -0.1) is 0 Å². The lowest BCUT2D eigenvalue weighted by Gasteiger charge is -2.08. The average Bonchev–Trinajstić information content (AvgIpc) is 2.36. The summed E-state index contributed by atoms with van der Waals surface area (Å²) >= 11 is 0. The van der Waals surface area contributed by atoms with Crippen LogP contribution in [0.3, 0.4) is 0 Å². The summed E-state index contributed by atoms with van der Waals surface area (Å²) in [4.78, 5) is 11.9. The van der Waals surface area contributed by atoms with Crippen molar-refractivity contribution in [2.24, 2.45) is 0 Å². The molecule has 4 N–H and O–H groups in total. The van der Waals surface area contributed by atoms with Crippen molar-refractivity contribution < 1.29 is 9.53 Å². The molecule has 0 unspecified atom stereocenters. The zero-order chi connectivity index (χ0) is 13.8. The Bertz CT molecular complexity index is 589. The molecule has 0 spiro atoms. The van der Waals surface area contributed by atoms with Gasteiger partial charge in [0.2, 0.25) is 0 Å². The fourth-order valence-corrected chi connectivity index (χ4v) is 1.79. The maximum Gasteiger partial charge on any atom is 0.338 e. The molecule has 0 aliphatic carbocycles. The number of benzene rings is 2. The Hall–Kier alpha value is -2.49. The molecule has 0 atom stereocenters. The van der Waals surface area contributed by atoms with E-state index in [2.05, 4.69) is 0 Å². The standard InChI is InChI=1S/C15H16N2O2/c1-10-4-2-3-5-11(10)9-19-15(18)12-6-13(16)8-14(17)7-12/h2-8H,9,16-17H2,1H3. The van der Waals surface area contributed by atoms with E-state index in [1.165, 1.54) is 0 Å². The van der Waals surface area contributed by atoms with Gasteiger partial charge in [0.05, 0.1) is 5.56 Å². The van der Waals surface area contributed by atoms with Crippen LogP contribution in [0.5, 0.6) is 0 Å². The first-order valence-electron chi connectivity index (χ1n) is 5.94. The van der Waals surface area contributed by atoms with E-state index in [0.717, 1.165) is 11.1 Å². The van der Waals surface area contributed by atoms with Crippen LogP contribution in [-0.2, 0) is 11.3 Å². The molecule has 0 fully saturated rings. The molecule has 2 rings (SSSR count). The molecular formula is C15H16N2O2. The van der Waals surface area contributed by atoms with Crippen LogP contribution in [-0.4, -0.2) is 5.97 Å². The molecule has 0 aliphatic heterocycles. The first-order valence-corrected chi connectivity index (χ1v) is 5.94. The third-order valence-corrected chi connectivity index (χ3v) is 2.83. The van der Waals surface area contributed by atoms with Crippen LogP contribution in [0.1, 0.15) is 21.5 Å². The summed E-state index contributed by atoms with van der Waals surface area (Å²) < 4.78 is 5.25. The molecule has 0 radical (unpaired) electrons. The predicted octanol–water partition coefficient (Wildman–Crippen LogP) is 2.52. The van der Waals surface area contributed by atoms with Crippen molar-refractivity contribution in [1.82, 2.24) is 0 Å². The molecule has 2 aromatic carbocycles. The maximum atomic E-state index is 11.9. The molecule has 98 valence electrons. The Morgan fingerprint density at radius 1 is 1.11 bits per heavy atom. The summed E-state index contributed by atoms with van der Waals surface area (Å²) in [6.07, 6.45) is 0. The largest absolute Gasteiger partial charge is 0.457 e. The van der Waals surface area contributed by atoms with E-state index in [0.29, 0.717) is 16.9 Å². The normalized spacial score (nSPS) is 10.2. The van der Waals surface area contributed by atoms with Crippen molar-refractivity contribution in [2.75, 3.05) is 11.5 Å². The second kappa shape index (κ2) is 5.44. The van der Waals surface area contributed by atoms with Gasteiger partial charge < -0.3 is 16.2 Å². The lowest BCUT2D eigenvalue weighted by atomic mass is 10.1. The second-order valence-corrected chi connectivity index (χ2v) is 4.39. The molecule has 4 nitrogen and oxygen atoms in total. The number of anilines is 2. The van der Waals surface area contributed by atoms with E-state index in [1.54, 1.807) is 18.2 Å². The van der Waals surface area contributed by atoms with Crippen molar-refractivity contribution in [1.29, 1.82) is 0 Å². The molecule has 0 saturated carbocycles. The number of carbonyl (C=O) groups excluding carboxylic acids is 1. The topological polar surface area (TPSA) is 78.3 Å². The van der Waals surface area contributed by atoms with Crippen molar-refractivity contribution in [3.63, 3.8) is 0 Å². The van der Waals surface area contributed by atoms with Gasteiger partial charge in [-0.1, -0.05) is 24.3 Å². The van der Waals surface area contributed by atoms with Crippen LogP contribution >= 0.6 is 0 Å². The molecule has 2 aromatic rings. The molecule has 0 saturated heterocycles. The zero-order valence-corrected chi connectivity index (χ0v) is 10.7. The number of rotatable bonds is 3. The van der Waals surface area contributed by atoms with Crippen LogP contribution < -0.4 is 11.5 Å². The Labute approximate surface area is 112 Å². The number of nitrogen functional groups attached to an aromatic ring is 2. The number of hydrogen-bond donors (Lipinski definition) is 2. The van der Waals surface area contributed by atoms with Crippen LogP contribution in [0.15, 0.2) is 42.5 Å². The second-order valence-electron chi connectivity index (χ2n) is 4.39. The monoisotopic (exact) mass is 256 g/mol. The van der Waals surface area contributed by atoms with E-state index < -0.39 is 5.97 Å². The summed E-state index contributed by atoms with van der Waals surface area (Å²) in [7, 11) is 0. The van der Waals surface area contributed by atoms with E-state index in [1.807, 2.05) is 31.2 Å². The first kappa shape index (κ1) is 13.0. The highest BCUT2D eigenvalue weighted by Crippen LogP contribution is 2.16. The third kappa shape index (κ3) is 3.25. The summed E-state index contributed by atoms with van der Waals surface area (Å²) in [6, 6.07) is 12.5. The summed E-state index contributed by atoms with van der Waals surface area (Å²) in [5.41, 5.74) is 14.6. The molecule has 0 aromatic heterocycles. The fourth-order valence-electron chi connectivity index (χ4n) is 1.79. The molecule has 0 aliphatic rings. The molecule has 0 amide bonds. The van der Waals surface area contributed by atoms with Crippen molar-refractivity contribution in [2.45, 2.75) is 13.5 Å². The molecule has 19 heavy (non-hydrogen) atoms. The first-order chi connectivity index (χ1) is 9.06. The molecule has 0 bridgehead atoms. The highest BCUT2D eigenvalue weighted by Gasteiger charge is 2.09. The van der Waals surface area contributed by atoms with E-state index in [4.69, 9.17) is 16.2 Å². The van der Waals surface area contributed by atoms with Crippen LogP contribution in [0.25, 0.3) is 0 Å². The highest BCUT2D eigenvalue weighted by molar-refractivity contribution is 5.91. The molecular weight excluding hydrogens is 240 g/mol. The van der Waals surface area contributed by atoms with Gasteiger partial charge in [0.15, 0.2) is 0 Å². The van der Waals surface area contributed by atoms with Crippen molar-refractivity contribution in [3.8, 4) is 0 Å². The Kier molecular flexibility index (Phi) is 3.71. The van der Waals surface area contributed by atoms with Gasteiger partial charge in [-0.05, 0) is 36.2 Å². The smallest absolute Gasteiger partial charge is 0.338 e. The minimum Gasteiger partial charge on any atom is -0.457 e. The number of ether oxygens (including phenoxy) is 1. The fraction of sp³-hybridized carbons (Fsp3) is 0.133. The minimum atomic E-state index is -0.428. The predicted molar refractivity (Wildman–Crippen MR) is 75.6 cm³/mol. The number of esters is 1. The van der Waals surface area contributed by atoms with Gasteiger partial charge in [0.25, 0.3) is 0 Å². The Morgan fingerprint density at radius 2 is 1.74 bits per heavy atom. The van der Waals surface area contributed by atoms with Crippen LogP contribution in [0, 0.1) is 6.92 Å². The third-order valence-electron chi connectivity index (χ3n) is 2.83. The van der Waals surface area contributed by atoms with E-state index in [-0.39, 0.29) is 6.61 Å². The van der Waals surface area contributed by atoms with Gasteiger partial charge in [-0.3, -0.25) is 0 Å². The van der Waals surface area contributed by atoms with E-state index >= 15 is 0 Å². The minimum absolute atomic E-state index is 0.236. The summed E-state index contributed by atoms with van der Waals surface area (Å²) in [5.74, 6) is -0.428. The van der Waals surface area contributed by atoms with Crippen LogP contribution in [0.4, 0.5) is 11.4 Å². The van der Waals surface area contributed by atoms with Crippen molar-refractivity contribution >= 4 is 17.3 Å². The van der Waals surface area contributed by atoms with Crippen LogP contribution in [0.2, 0.25) is 0 Å². The summed E-state index contributed by atoms with van der Waals surface area (Å²) in [5, 5.41) is 0. The maximum absolute atomic E-state index is 11.9. The number of nitrogens with two attached hydrogens (primary N) is 2.